The van der Waals surface area contributed by atoms with E-state index in [9.17, 15) is 4.79 Å². The molecule has 0 saturated heterocycles. The minimum Gasteiger partial charge on any atom is -0.397 e. The fourth-order valence-corrected chi connectivity index (χ4v) is 0.949. The van der Waals surface area contributed by atoms with Crippen LogP contribution in [-0.4, -0.2) is 10.8 Å². The molecule has 0 aliphatic carbocycles. The van der Waals surface area contributed by atoms with E-state index in [0.717, 1.165) is 0 Å². The molecule has 1 aromatic heterocycles. The number of carbonyl (C=O) groups excluding carboxylic acids is 1. The fraction of sp³-hybridized carbons (Fsp3) is 0.143. The first-order chi connectivity index (χ1) is 5.13. The molecule has 0 fully saturated rings. The standard InChI is InChI=1S/C7H7ClN2O/c1-4(11)7-6(8)5(9)2-3-10-7/h2-3H,1H3,(H2,9,10). The second-order valence-corrected chi connectivity index (χ2v) is 2.50. The van der Waals surface area contributed by atoms with Gasteiger partial charge in [0, 0.05) is 13.1 Å². The van der Waals surface area contributed by atoms with Crippen molar-refractivity contribution in [2.75, 3.05) is 5.73 Å². The molecular formula is C7H7ClN2O. The number of anilines is 1. The number of nitrogens with two attached hydrogens (primary N) is 1. The van der Waals surface area contributed by atoms with E-state index in [1.807, 2.05) is 0 Å². The summed E-state index contributed by atoms with van der Waals surface area (Å²) in [5.74, 6) is -0.178. The van der Waals surface area contributed by atoms with Crippen molar-refractivity contribution in [1.29, 1.82) is 0 Å². The SMILES string of the molecule is CC(=O)c1nccc(N)c1Cl. The Labute approximate surface area is 69.2 Å². The third-order valence-electron chi connectivity index (χ3n) is 1.25. The van der Waals surface area contributed by atoms with Gasteiger partial charge in [-0.2, -0.15) is 0 Å². The van der Waals surface area contributed by atoms with Crippen LogP contribution in [0.3, 0.4) is 0 Å². The van der Waals surface area contributed by atoms with Crippen LogP contribution in [0.2, 0.25) is 5.02 Å². The molecule has 0 radical (unpaired) electrons. The van der Waals surface area contributed by atoms with Crippen molar-refractivity contribution >= 4 is 23.1 Å². The molecule has 0 spiro atoms. The molecular weight excluding hydrogens is 164 g/mol. The Morgan fingerprint density at radius 1 is 1.73 bits per heavy atom. The number of aromatic nitrogens is 1. The Balaban J connectivity index is 3.27. The van der Waals surface area contributed by atoms with Crippen LogP contribution in [0.25, 0.3) is 0 Å². The molecule has 0 amide bonds. The molecule has 0 aliphatic heterocycles. The number of halogens is 1. The second-order valence-electron chi connectivity index (χ2n) is 2.12. The Morgan fingerprint density at radius 3 is 2.82 bits per heavy atom. The van der Waals surface area contributed by atoms with Gasteiger partial charge in [0.05, 0.1) is 10.7 Å². The molecule has 4 heteroatoms. The van der Waals surface area contributed by atoms with Gasteiger partial charge in [-0.25, -0.2) is 0 Å². The Bertz CT molecular complexity index is 298. The first-order valence-corrected chi connectivity index (χ1v) is 3.41. The van der Waals surface area contributed by atoms with Gasteiger partial charge < -0.3 is 5.73 Å². The van der Waals surface area contributed by atoms with Gasteiger partial charge in [-0.1, -0.05) is 11.6 Å². The zero-order valence-electron chi connectivity index (χ0n) is 5.97. The number of hydrogen-bond donors (Lipinski definition) is 1. The van der Waals surface area contributed by atoms with Crippen LogP contribution in [0.4, 0.5) is 5.69 Å². The molecule has 0 aromatic carbocycles. The van der Waals surface area contributed by atoms with Crippen LogP contribution in [0.5, 0.6) is 0 Å². The Hall–Kier alpha value is -1.09. The van der Waals surface area contributed by atoms with Crippen molar-refractivity contribution in [1.82, 2.24) is 4.98 Å². The van der Waals surface area contributed by atoms with Crippen molar-refractivity contribution in [2.24, 2.45) is 0 Å². The molecule has 1 heterocycles. The Kier molecular flexibility index (Phi) is 2.10. The van der Waals surface area contributed by atoms with Crippen LogP contribution < -0.4 is 5.73 Å². The number of ketones is 1. The highest BCUT2D eigenvalue weighted by Crippen LogP contribution is 2.20. The summed E-state index contributed by atoms with van der Waals surface area (Å²) in [4.78, 5) is 14.6. The summed E-state index contributed by atoms with van der Waals surface area (Å²) in [7, 11) is 0. The van der Waals surface area contributed by atoms with E-state index in [2.05, 4.69) is 4.98 Å². The van der Waals surface area contributed by atoms with Gasteiger partial charge in [0.2, 0.25) is 0 Å². The van der Waals surface area contributed by atoms with E-state index in [1.165, 1.54) is 13.1 Å². The van der Waals surface area contributed by atoms with Gasteiger partial charge in [0.25, 0.3) is 0 Å². The number of rotatable bonds is 1. The fourth-order valence-electron chi connectivity index (χ4n) is 0.704. The molecule has 0 bridgehead atoms. The van der Waals surface area contributed by atoms with E-state index in [0.29, 0.717) is 5.69 Å². The lowest BCUT2D eigenvalue weighted by Crippen LogP contribution is -2.00. The van der Waals surface area contributed by atoms with Crippen LogP contribution in [-0.2, 0) is 0 Å². The quantitative estimate of drug-likeness (QED) is 0.651. The van der Waals surface area contributed by atoms with Crippen LogP contribution in [0, 0.1) is 0 Å². The summed E-state index contributed by atoms with van der Waals surface area (Å²) in [5, 5.41) is 0.236. The average Bonchev–Trinajstić information content (AvgIpc) is 1.94. The van der Waals surface area contributed by atoms with Gasteiger partial charge in [0.1, 0.15) is 5.69 Å². The van der Waals surface area contributed by atoms with Crippen molar-refractivity contribution < 1.29 is 4.79 Å². The van der Waals surface area contributed by atoms with E-state index < -0.39 is 0 Å². The summed E-state index contributed by atoms with van der Waals surface area (Å²) >= 11 is 5.68. The Morgan fingerprint density at radius 2 is 2.36 bits per heavy atom. The van der Waals surface area contributed by atoms with Crippen LogP contribution in [0.15, 0.2) is 12.3 Å². The number of pyridine rings is 1. The van der Waals surface area contributed by atoms with Gasteiger partial charge in [-0.3, -0.25) is 9.78 Å². The molecule has 3 nitrogen and oxygen atoms in total. The highest BCUT2D eigenvalue weighted by atomic mass is 35.5. The first kappa shape index (κ1) is 8.01. The van der Waals surface area contributed by atoms with Gasteiger partial charge in [0.15, 0.2) is 5.78 Å². The first-order valence-electron chi connectivity index (χ1n) is 3.04. The summed E-state index contributed by atoms with van der Waals surface area (Å²) in [6, 6.07) is 1.55. The maximum absolute atomic E-state index is 10.8. The van der Waals surface area contributed by atoms with Crippen LogP contribution >= 0.6 is 11.6 Å². The average molecular weight is 171 g/mol. The van der Waals surface area contributed by atoms with Crippen molar-refractivity contribution in [3.63, 3.8) is 0 Å². The van der Waals surface area contributed by atoms with E-state index >= 15 is 0 Å². The maximum Gasteiger partial charge on any atom is 0.179 e. The minimum absolute atomic E-state index is 0.178. The predicted molar refractivity (Wildman–Crippen MR) is 43.7 cm³/mol. The number of carbonyl (C=O) groups is 1. The summed E-state index contributed by atoms with van der Waals surface area (Å²) in [6.45, 7) is 1.40. The molecule has 0 unspecified atom stereocenters. The highest BCUT2D eigenvalue weighted by Gasteiger charge is 2.08. The van der Waals surface area contributed by atoms with E-state index in [1.54, 1.807) is 6.07 Å². The van der Waals surface area contributed by atoms with Crippen molar-refractivity contribution in [3.8, 4) is 0 Å². The molecule has 0 atom stereocenters. The molecule has 58 valence electrons. The summed E-state index contributed by atoms with van der Waals surface area (Å²) in [5.41, 5.74) is 6.04. The zero-order valence-corrected chi connectivity index (χ0v) is 6.72. The van der Waals surface area contributed by atoms with E-state index in [-0.39, 0.29) is 16.5 Å². The number of Topliss-reactive ketones (excluding diaryl/α,β-unsaturated/α-hetero) is 1. The predicted octanol–water partition coefficient (Wildman–Crippen LogP) is 1.52. The molecule has 1 rings (SSSR count). The number of hydrogen-bond acceptors (Lipinski definition) is 3. The lowest BCUT2D eigenvalue weighted by molar-refractivity contribution is 0.101. The number of nitrogens with zero attached hydrogens (tertiary/aromatic N) is 1. The topological polar surface area (TPSA) is 56.0 Å². The number of nitrogen functional groups attached to an aromatic ring is 1. The lowest BCUT2D eigenvalue weighted by Gasteiger charge is -1.99. The molecule has 0 aliphatic rings. The summed E-state index contributed by atoms with van der Waals surface area (Å²) in [6.07, 6.45) is 1.46. The second kappa shape index (κ2) is 2.88. The summed E-state index contributed by atoms with van der Waals surface area (Å²) < 4.78 is 0. The molecule has 0 saturated carbocycles. The third kappa shape index (κ3) is 1.49. The van der Waals surface area contributed by atoms with Gasteiger partial charge in [-0.05, 0) is 6.07 Å². The monoisotopic (exact) mass is 170 g/mol. The zero-order chi connectivity index (χ0) is 8.43. The smallest absolute Gasteiger partial charge is 0.179 e. The van der Waals surface area contributed by atoms with Crippen molar-refractivity contribution in [3.05, 3.63) is 23.0 Å². The minimum atomic E-state index is -0.178. The molecule has 1 aromatic rings. The highest BCUT2D eigenvalue weighted by molar-refractivity contribution is 6.35. The normalized spacial score (nSPS) is 9.64. The van der Waals surface area contributed by atoms with Crippen molar-refractivity contribution in [2.45, 2.75) is 6.92 Å². The van der Waals surface area contributed by atoms with Gasteiger partial charge >= 0.3 is 0 Å². The lowest BCUT2D eigenvalue weighted by atomic mass is 10.2. The molecule has 2 N–H and O–H groups in total. The van der Waals surface area contributed by atoms with Crippen LogP contribution in [0.1, 0.15) is 17.4 Å². The van der Waals surface area contributed by atoms with Gasteiger partial charge in [-0.15, -0.1) is 0 Å². The molecule has 11 heavy (non-hydrogen) atoms. The largest absolute Gasteiger partial charge is 0.397 e. The van der Waals surface area contributed by atoms with E-state index in [4.69, 9.17) is 17.3 Å². The maximum atomic E-state index is 10.8. The third-order valence-corrected chi connectivity index (χ3v) is 1.65.